The third-order valence-corrected chi connectivity index (χ3v) is 6.06. The number of hydrogen-bond donors (Lipinski definition) is 1. The van der Waals surface area contributed by atoms with E-state index in [0.717, 1.165) is 37.9 Å². The van der Waals surface area contributed by atoms with E-state index < -0.39 is 10.0 Å². The van der Waals surface area contributed by atoms with Crippen LogP contribution in [0, 0.1) is 0 Å². The summed E-state index contributed by atoms with van der Waals surface area (Å²) in [6.07, 6.45) is 5.85. The van der Waals surface area contributed by atoms with Gasteiger partial charge >= 0.3 is 0 Å². The number of likely N-dealkylation sites (tertiary alicyclic amines) is 1. The fraction of sp³-hybridized carbons (Fsp3) is 0.650. The number of nitrogens with zero attached hydrogens (tertiary/aromatic N) is 2. The first-order valence-corrected chi connectivity index (χ1v) is 11.7. The number of nitrogens with one attached hydrogen (secondary N) is 1. The quantitative estimate of drug-likeness (QED) is 0.653. The highest BCUT2D eigenvalue weighted by Gasteiger charge is 2.23. The smallest absolute Gasteiger partial charge is 0.240 e. The van der Waals surface area contributed by atoms with Gasteiger partial charge in [-0.2, -0.15) is 0 Å². The number of carbonyl (C=O) groups is 1. The topological polar surface area (TPSA) is 69.7 Å². The largest absolute Gasteiger partial charge is 0.354 e. The van der Waals surface area contributed by atoms with Crippen LogP contribution in [0.2, 0.25) is 0 Å². The molecular formula is C20H33N3O3S. The molecule has 1 fully saturated rings. The number of para-hydroxylation sites is 1. The van der Waals surface area contributed by atoms with Gasteiger partial charge in [0.05, 0.1) is 11.9 Å². The predicted octanol–water partition coefficient (Wildman–Crippen LogP) is 2.57. The van der Waals surface area contributed by atoms with Gasteiger partial charge in [-0.3, -0.25) is 9.10 Å². The average molecular weight is 396 g/mol. The normalized spacial score (nSPS) is 15.7. The highest BCUT2D eigenvalue weighted by atomic mass is 32.2. The first kappa shape index (κ1) is 21.7. The highest BCUT2D eigenvalue weighted by Crippen LogP contribution is 2.28. The minimum Gasteiger partial charge on any atom is -0.354 e. The van der Waals surface area contributed by atoms with E-state index in [9.17, 15) is 13.2 Å². The van der Waals surface area contributed by atoms with Gasteiger partial charge in [0.25, 0.3) is 0 Å². The highest BCUT2D eigenvalue weighted by molar-refractivity contribution is 7.92. The minimum absolute atomic E-state index is 0.165. The molecule has 0 aromatic heterocycles. The molecule has 0 atom stereocenters. The van der Waals surface area contributed by atoms with E-state index in [1.54, 1.807) is 12.1 Å². The number of benzene rings is 1. The zero-order valence-corrected chi connectivity index (χ0v) is 17.6. The van der Waals surface area contributed by atoms with Crippen LogP contribution in [0.1, 0.15) is 51.0 Å². The zero-order chi connectivity index (χ0) is 19.9. The summed E-state index contributed by atoms with van der Waals surface area (Å²) in [6.45, 7) is 7.67. The molecule has 1 aromatic carbocycles. The third kappa shape index (κ3) is 6.81. The molecule has 1 aliphatic heterocycles. The molecule has 2 rings (SSSR count). The summed E-state index contributed by atoms with van der Waals surface area (Å²) in [4.78, 5) is 14.8. The Kier molecular flexibility index (Phi) is 8.10. The van der Waals surface area contributed by atoms with E-state index >= 15 is 0 Å². The Hall–Kier alpha value is -1.60. The van der Waals surface area contributed by atoms with Crippen molar-refractivity contribution < 1.29 is 13.2 Å². The first-order valence-electron chi connectivity index (χ1n) is 9.84. The fourth-order valence-electron chi connectivity index (χ4n) is 3.48. The molecule has 0 unspecified atom stereocenters. The molecule has 152 valence electrons. The monoisotopic (exact) mass is 395 g/mol. The van der Waals surface area contributed by atoms with Crippen molar-refractivity contribution in [2.75, 3.05) is 43.3 Å². The number of amides is 1. The van der Waals surface area contributed by atoms with Gasteiger partial charge in [-0.25, -0.2) is 8.42 Å². The number of carbonyl (C=O) groups excluding carboxylic acids is 1. The number of anilines is 1. The van der Waals surface area contributed by atoms with E-state index in [0.29, 0.717) is 12.2 Å². The molecule has 0 spiro atoms. The van der Waals surface area contributed by atoms with Crippen LogP contribution in [0.3, 0.4) is 0 Å². The molecule has 0 aliphatic carbocycles. The third-order valence-electron chi connectivity index (χ3n) is 4.94. The van der Waals surface area contributed by atoms with Crippen LogP contribution in [0.4, 0.5) is 5.69 Å². The Morgan fingerprint density at radius 1 is 1.19 bits per heavy atom. The van der Waals surface area contributed by atoms with Crippen molar-refractivity contribution in [2.24, 2.45) is 0 Å². The zero-order valence-electron chi connectivity index (χ0n) is 16.8. The van der Waals surface area contributed by atoms with Crippen LogP contribution < -0.4 is 9.62 Å². The Morgan fingerprint density at radius 3 is 2.48 bits per heavy atom. The van der Waals surface area contributed by atoms with Crippen LogP contribution in [0.25, 0.3) is 0 Å². The summed E-state index contributed by atoms with van der Waals surface area (Å²) < 4.78 is 25.8. The Labute approximate surface area is 164 Å². The molecule has 0 saturated carbocycles. The second kappa shape index (κ2) is 10.1. The van der Waals surface area contributed by atoms with Gasteiger partial charge in [0.1, 0.15) is 6.54 Å². The minimum atomic E-state index is -3.55. The number of sulfonamides is 1. The molecule has 6 nitrogen and oxygen atoms in total. The molecule has 1 aliphatic rings. The van der Waals surface area contributed by atoms with Crippen molar-refractivity contribution in [3.63, 3.8) is 0 Å². The van der Waals surface area contributed by atoms with E-state index in [4.69, 9.17) is 0 Å². The molecule has 1 aromatic rings. The predicted molar refractivity (Wildman–Crippen MR) is 111 cm³/mol. The summed E-state index contributed by atoms with van der Waals surface area (Å²) in [5, 5.41) is 2.87. The van der Waals surface area contributed by atoms with Crippen LogP contribution >= 0.6 is 0 Å². The van der Waals surface area contributed by atoms with Gasteiger partial charge in [-0.1, -0.05) is 38.5 Å². The molecule has 0 radical (unpaired) electrons. The van der Waals surface area contributed by atoms with E-state index in [-0.39, 0.29) is 18.4 Å². The van der Waals surface area contributed by atoms with Crippen molar-refractivity contribution in [3.05, 3.63) is 29.8 Å². The number of hydrogen-bond acceptors (Lipinski definition) is 4. The lowest BCUT2D eigenvalue weighted by Crippen LogP contribution is -2.41. The second-order valence-corrected chi connectivity index (χ2v) is 9.50. The lowest BCUT2D eigenvalue weighted by atomic mass is 10.0. The molecule has 1 N–H and O–H groups in total. The Bertz CT molecular complexity index is 713. The van der Waals surface area contributed by atoms with Crippen LogP contribution in [0.5, 0.6) is 0 Å². The van der Waals surface area contributed by atoms with E-state index in [1.807, 2.05) is 26.0 Å². The van der Waals surface area contributed by atoms with E-state index in [2.05, 4.69) is 10.2 Å². The van der Waals surface area contributed by atoms with Crippen LogP contribution in [-0.2, 0) is 14.8 Å². The van der Waals surface area contributed by atoms with E-state index in [1.165, 1.54) is 23.6 Å². The average Bonchev–Trinajstić information content (AvgIpc) is 2.63. The number of rotatable bonds is 9. The molecule has 1 saturated heterocycles. The molecular weight excluding hydrogens is 362 g/mol. The second-order valence-electron chi connectivity index (χ2n) is 7.59. The maximum Gasteiger partial charge on any atom is 0.240 e. The number of piperidine rings is 1. The molecule has 0 bridgehead atoms. The summed E-state index contributed by atoms with van der Waals surface area (Å²) >= 11 is 0. The van der Waals surface area contributed by atoms with Crippen molar-refractivity contribution in [1.29, 1.82) is 0 Å². The summed E-state index contributed by atoms with van der Waals surface area (Å²) in [5.41, 5.74) is 1.50. The van der Waals surface area contributed by atoms with Gasteiger partial charge in [-0.15, -0.1) is 0 Å². The van der Waals surface area contributed by atoms with Crippen molar-refractivity contribution in [3.8, 4) is 0 Å². The standard InChI is InChI=1S/C20H33N3O3S/c1-17(2)18-10-5-6-11-19(18)23(27(3,25)26)16-20(24)21-12-9-15-22-13-7-4-8-14-22/h5-6,10-11,17H,4,7-9,12-16H2,1-3H3,(H,21,24). The summed E-state index contributed by atoms with van der Waals surface area (Å²) in [7, 11) is -3.55. The lowest BCUT2D eigenvalue weighted by molar-refractivity contribution is -0.119. The van der Waals surface area contributed by atoms with Crippen LogP contribution in [0.15, 0.2) is 24.3 Å². The van der Waals surface area contributed by atoms with Gasteiger partial charge in [0, 0.05) is 6.54 Å². The summed E-state index contributed by atoms with van der Waals surface area (Å²) in [5.74, 6) is -0.101. The SMILES string of the molecule is CC(C)c1ccccc1N(CC(=O)NCCCN1CCCCC1)S(C)(=O)=O. The maximum absolute atomic E-state index is 12.4. The van der Waals surface area contributed by atoms with Gasteiger partial charge in [0.2, 0.25) is 15.9 Å². The van der Waals surface area contributed by atoms with Crippen molar-refractivity contribution in [2.45, 2.75) is 45.4 Å². The van der Waals surface area contributed by atoms with Gasteiger partial charge in [0.15, 0.2) is 0 Å². The molecule has 1 amide bonds. The first-order chi connectivity index (χ1) is 12.8. The van der Waals surface area contributed by atoms with Crippen molar-refractivity contribution in [1.82, 2.24) is 10.2 Å². The van der Waals surface area contributed by atoms with Crippen molar-refractivity contribution >= 4 is 21.6 Å². The molecule has 1 heterocycles. The summed E-state index contributed by atoms with van der Waals surface area (Å²) in [6, 6.07) is 7.37. The Morgan fingerprint density at radius 2 is 1.85 bits per heavy atom. The van der Waals surface area contributed by atoms with Crippen LogP contribution in [-0.4, -0.2) is 58.2 Å². The Balaban J connectivity index is 1.93. The van der Waals surface area contributed by atoms with Gasteiger partial charge < -0.3 is 10.2 Å². The molecule has 27 heavy (non-hydrogen) atoms. The molecule has 7 heteroatoms. The maximum atomic E-state index is 12.4. The fourth-order valence-corrected chi connectivity index (χ4v) is 4.36. The van der Waals surface area contributed by atoms with Gasteiger partial charge in [-0.05, 0) is 56.4 Å². The lowest BCUT2D eigenvalue weighted by Gasteiger charge is -2.27.